The van der Waals surface area contributed by atoms with Crippen molar-refractivity contribution in [3.63, 3.8) is 0 Å². The molecule has 0 spiro atoms. The summed E-state index contributed by atoms with van der Waals surface area (Å²) >= 11 is 1.45. The zero-order valence-corrected chi connectivity index (χ0v) is 11.1. The maximum atomic E-state index is 9.30. The van der Waals surface area contributed by atoms with E-state index in [1.807, 2.05) is 6.92 Å². The smallest absolute Gasteiger partial charge is 0.234 e. The SMILES string of the molecule is Cc1nnc(-n2nnc(CO)c2C(C)(C)C)s1. The number of nitrogens with zero attached hydrogens (tertiary/aromatic N) is 5. The van der Waals surface area contributed by atoms with Gasteiger partial charge >= 0.3 is 0 Å². The van der Waals surface area contributed by atoms with Crippen molar-refractivity contribution in [2.75, 3.05) is 0 Å². The number of hydrogen-bond donors (Lipinski definition) is 1. The normalized spacial score (nSPS) is 12.1. The molecule has 0 amide bonds. The Kier molecular flexibility index (Phi) is 2.96. The number of aromatic nitrogens is 5. The van der Waals surface area contributed by atoms with Gasteiger partial charge in [-0.3, -0.25) is 0 Å². The molecular formula is C10H15N5OS. The fourth-order valence-electron chi connectivity index (χ4n) is 1.68. The second-order valence-electron chi connectivity index (χ2n) is 4.81. The van der Waals surface area contributed by atoms with Gasteiger partial charge in [-0.15, -0.1) is 15.3 Å². The van der Waals surface area contributed by atoms with E-state index in [9.17, 15) is 5.11 Å². The standard InChI is InChI=1S/C10H15N5OS/c1-6-11-13-9(17-6)15-8(10(2,3)4)7(5-16)12-14-15/h16H,5H2,1-4H3. The number of hydrogen-bond acceptors (Lipinski definition) is 6. The molecule has 17 heavy (non-hydrogen) atoms. The van der Waals surface area contributed by atoms with E-state index in [1.165, 1.54) is 11.3 Å². The first-order valence-corrected chi connectivity index (χ1v) is 6.11. The van der Waals surface area contributed by atoms with E-state index >= 15 is 0 Å². The first-order chi connectivity index (χ1) is 7.93. The minimum absolute atomic E-state index is 0.121. The molecule has 0 aromatic carbocycles. The summed E-state index contributed by atoms with van der Waals surface area (Å²) in [7, 11) is 0. The highest BCUT2D eigenvalue weighted by molar-refractivity contribution is 7.13. The predicted molar refractivity (Wildman–Crippen MR) is 64.2 cm³/mol. The molecule has 0 atom stereocenters. The number of rotatable bonds is 2. The van der Waals surface area contributed by atoms with Gasteiger partial charge in [-0.1, -0.05) is 37.3 Å². The van der Waals surface area contributed by atoms with Crippen LogP contribution in [0.4, 0.5) is 0 Å². The van der Waals surface area contributed by atoms with E-state index in [1.54, 1.807) is 4.68 Å². The van der Waals surface area contributed by atoms with Crippen LogP contribution >= 0.6 is 11.3 Å². The molecule has 7 heteroatoms. The molecule has 0 aliphatic rings. The Morgan fingerprint density at radius 3 is 2.41 bits per heavy atom. The quantitative estimate of drug-likeness (QED) is 0.870. The van der Waals surface area contributed by atoms with Crippen molar-refractivity contribution < 1.29 is 5.11 Å². The van der Waals surface area contributed by atoms with Gasteiger partial charge in [0.15, 0.2) is 0 Å². The summed E-state index contributed by atoms with van der Waals surface area (Å²) in [6, 6.07) is 0. The molecule has 0 fully saturated rings. The van der Waals surface area contributed by atoms with Crippen molar-refractivity contribution in [1.29, 1.82) is 0 Å². The monoisotopic (exact) mass is 253 g/mol. The lowest BCUT2D eigenvalue weighted by atomic mass is 9.90. The molecule has 0 unspecified atom stereocenters. The summed E-state index contributed by atoms with van der Waals surface area (Å²) in [5.74, 6) is 0. The van der Waals surface area contributed by atoms with Crippen LogP contribution < -0.4 is 0 Å². The maximum absolute atomic E-state index is 9.30. The predicted octanol–water partition coefficient (Wildman–Crippen LogP) is 1.22. The van der Waals surface area contributed by atoms with Crippen molar-refractivity contribution in [3.05, 3.63) is 16.4 Å². The first kappa shape index (κ1) is 12.1. The fraction of sp³-hybridized carbons (Fsp3) is 0.600. The van der Waals surface area contributed by atoms with Crippen LogP contribution in [0, 0.1) is 6.92 Å². The van der Waals surface area contributed by atoms with Gasteiger partial charge in [-0.25, -0.2) is 0 Å². The summed E-state index contributed by atoms with van der Waals surface area (Å²) in [4.78, 5) is 0. The molecule has 0 radical (unpaired) electrons. The molecular weight excluding hydrogens is 238 g/mol. The van der Waals surface area contributed by atoms with E-state index in [0.717, 1.165) is 10.7 Å². The van der Waals surface area contributed by atoms with Gasteiger partial charge in [0.2, 0.25) is 5.13 Å². The van der Waals surface area contributed by atoms with Crippen LogP contribution in [0.5, 0.6) is 0 Å². The molecule has 0 aliphatic heterocycles. The summed E-state index contributed by atoms with van der Waals surface area (Å²) in [5.41, 5.74) is 1.29. The fourth-order valence-corrected chi connectivity index (χ4v) is 2.32. The molecule has 2 aromatic rings. The highest BCUT2D eigenvalue weighted by atomic mass is 32.1. The maximum Gasteiger partial charge on any atom is 0.234 e. The Morgan fingerprint density at radius 1 is 1.24 bits per heavy atom. The van der Waals surface area contributed by atoms with Gasteiger partial charge in [-0.05, 0) is 6.92 Å². The topological polar surface area (TPSA) is 76.7 Å². The van der Waals surface area contributed by atoms with Crippen LogP contribution in [-0.2, 0) is 12.0 Å². The second kappa shape index (κ2) is 4.15. The minimum atomic E-state index is -0.166. The molecule has 0 saturated heterocycles. The summed E-state index contributed by atoms with van der Waals surface area (Å²) < 4.78 is 1.66. The number of aliphatic hydroxyl groups excluding tert-OH is 1. The third kappa shape index (κ3) is 2.20. The average Bonchev–Trinajstić information content (AvgIpc) is 2.81. The van der Waals surface area contributed by atoms with Crippen molar-refractivity contribution >= 4 is 11.3 Å². The lowest BCUT2D eigenvalue weighted by molar-refractivity contribution is 0.273. The van der Waals surface area contributed by atoms with Gasteiger partial charge in [0.05, 0.1) is 12.3 Å². The zero-order chi connectivity index (χ0) is 12.6. The third-order valence-electron chi connectivity index (χ3n) is 2.30. The molecule has 1 N–H and O–H groups in total. The van der Waals surface area contributed by atoms with Crippen molar-refractivity contribution in [1.82, 2.24) is 25.2 Å². The van der Waals surface area contributed by atoms with E-state index < -0.39 is 0 Å². The molecule has 0 aliphatic carbocycles. The third-order valence-corrected chi connectivity index (χ3v) is 3.11. The molecule has 0 saturated carbocycles. The Morgan fingerprint density at radius 2 is 1.94 bits per heavy atom. The van der Waals surface area contributed by atoms with Crippen molar-refractivity contribution in [2.45, 2.75) is 39.7 Å². The first-order valence-electron chi connectivity index (χ1n) is 5.30. The van der Waals surface area contributed by atoms with Crippen LogP contribution in [0.15, 0.2) is 0 Å². The second-order valence-corrected chi connectivity index (χ2v) is 5.97. The van der Waals surface area contributed by atoms with Crippen LogP contribution in [0.2, 0.25) is 0 Å². The van der Waals surface area contributed by atoms with Gasteiger partial charge in [0, 0.05) is 5.41 Å². The lowest BCUT2D eigenvalue weighted by Crippen LogP contribution is -2.19. The summed E-state index contributed by atoms with van der Waals surface area (Å²) in [6.45, 7) is 7.92. The Labute approximate surface area is 103 Å². The van der Waals surface area contributed by atoms with E-state index in [4.69, 9.17) is 0 Å². The van der Waals surface area contributed by atoms with E-state index in [0.29, 0.717) is 10.8 Å². The highest BCUT2D eigenvalue weighted by Crippen LogP contribution is 2.27. The molecule has 2 aromatic heterocycles. The molecule has 6 nitrogen and oxygen atoms in total. The Hall–Kier alpha value is -1.34. The largest absolute Gasteiger partial charge is 0.390 e. The van der Waals surface area contributed by atoms with Crippen LogP contribution in [0.1, 0.15) is 37.2 Å². The Balaban J connectivity index is 2.59. The summed E-state index contributed by atoms with van der Waals surface area (Å²) in [6.07, 6.45) is 0. The summed E-state index contributed by atoms with van der Waals surface area (Å²) in [5, 5.41) is 26.9. The number of aryl methyl sites for hydroxylation is 1. The minimum Gasteiger partial charge on any atom is -0.390 e. The highest BCUT2D eigenvalue weighted by Gasteiger charge is 2.26. The molecule has 2 rings (SSSR count). The van der Waals surface area contributed by atoms with Crippen LogP contribution in [0.25, 0.3) is 5.13 Å². The van der Waals surface area contributed by atoms with Crippen LogP contribution in [0.3, 0.4) is 0 Å². The Bertz CT molecular complexity index is 525. The molecule has 0 bridgehead atoms. The van der Waals surface area contributed by atoms with Gasteiger partial charge in [-0.2, -0.15) is 4.68 Å². The number of aliphatic hydroxyl groups is 1. The van der Waals surface area contributed by atoms with Crippen molar-refractivity contribution in [2.24, 2.45) is 0 Å². The zero-order valence-electron chi connectivity index (χ0n) is 10.3. The van der Waals surface area contributed by atoms with Gasteiger partial charge in [0.25, 0.3) is 0 Å². The van der Waals surface area contributed by atoms with E-state index in [-0.39, 0.29) is 12.0 Å². The van der Waals surface area contributed by atoms with E-state index in [2.05, 4.69) is 41.3 Å². The lowest BCUT2D eigenvalue weighted by Gasteiger charge is -2.19. The average molecular weight is 253 g/mol. The molecule has 92 valence electrons. The van der Waals surface area contributed by atoms with Crippen molar-refractivity contribution in [3.8, 4) is 5.13 Å². The van der Waals surface area contributed by atoms with Crippen LogP contribution in [-0.4, -0.2) is 30.3 Å². The van der Waals surface area contributed by atoms with Gasteiger partial charge in [0.1, 0.15) is 10.7 Å². The van der Waals surface area contributed by atoms with Gasteiger partial charge < -0.3 is 5.11 Å². The molecule has 2 heterocycles.